The van der Waals surface area contributed by atoms with E-state index in [2.05, 4.69) is 22.1 Å². The van der Waals surface area contributed by atoms with E-state index in [0.29, 0.717) is 29.3 Å². The molecule has 0 spiro atoms. The maximum atomic E-state index is 12.5. The largest absolute Gasteiger partial charge is 0.298 e. The van der Waals surface area contributed by atoms with Gasteiger partial charge in [0.25, 0.3) is 5.91 Å². The van der Waals surface area contributed by atoms with Crippen molar-refractivity contribution in [3.63, 3.8) is 0 Å². The molecule has 2 aliphatic rings. The van der Waals surface area contributed by atoms with Crippen LogP contribution in [-0.4, -0.2) is 49.6 Å². The fourth-order valence-corrected chi connectivity index (χ4v) is 6.24. The number of thiazole rings is 1. The third kappa shape index (κ3) is 4.79. The van der Waals surface area contributed by atoms with Crippen LogP contribution < -0.4 is 9.62 Å². The number of nitrogens with zero attached hydrogens (tertiary/aromatic N) is 3. The Hall–Kier alpha value is -1.97. The van der Waals surface area contributed by atoms with Gasteiger partial charge in [0.15, 0.2) is 5.13 Å². The second kappa shape index (κ2) is 8.41. The molecule has 0 bridgehead atoms. The zero-order chi connectivity index (χ0) is 20.4. The molecule has 1 atom stereocenters. The molecule has 1 N–H and O–H groups in total. The maximum absolute atomic E-state index is 12.5. The summed E-state index contributed by atoms with van der Waals surface area (Å²) >= 11 is 1.43. The Morgan fingerprint density at radius 2 is 2.03 bits per heavy atom. The Labute approximate surface area is 175 Å². The minimum Gasteiger partial charge on any atom is -0.298 e. The van der Waals surface area contributed by atoms with Crippen LogP contribution in [0, 0.1) is 5.92 Å². The number of likely N-dealkylation sites (tertiary alicyclic amines) is 1. The summed E-state index contributed by atoms with van der Waals surface area (Å²) in [5.74, 6) is 0.659. The fraction of sp³-hybridized carbons (Fsp3) is 0.500. The third-order valence-corrected chi connectivity index (χ3v) is 8.09. The zero-order valence-corrected chi connectivity index (χ0v) is 18.1. The lowest BCUT2D eigenvalue weighted by Gasteiger charge is -2.30. The van der Waals surface area contributed by atoms with Crippen molar-refractivity contribution in [2.45, 2.75) is 32.7 Å². The lowest BCUT2D eigenvalue weighted by atomic mass is 10.0. The van der Waals surface area contributed by atoms with Gasteiger partial charge < -0.3 is 0 Å². The van der Waals surface area contributed by atoms with Crippen molar-refractivity contribution in [2.24, 2.45) is 5.92 Å². The first-order valence-corrected chi connectivity index (χ1v) is 12.5. The van der Waals surface area contributed by atoms with Gasteiger partial charge in [-0.05, 0) is 56.0 Å². The summed E-state index contributed by atoms with van der Waals surface area (Å²) in [4.78, 5) is 19.5. The molecule has 3 heterocycles. The number of rotatable bonds is 5. The maximum Gasteiger partial charge on any atom is 0.257 e. The molecular formula is C20H26N4O3S2. The smallest absolute Gasteiger partial charge is 0.257 e. The SMILES string of the molecule is CC1CCCN(Cc2csc(NC(=O)c3ccc(N4CCCS4(=O)=O)cc3)n2)C1. The second-order valence-electron chi connectivity index (χ2n) is 7.87. The van der Waals surface area contributed by atoms with Crippen LogP contribution in [-0.2, 0) is 16.6 Å². The number of anilines is 2. The standard InChI is InChI=1S/C20H26N4O3S2/c1-15-4-2-9-23(12-15)13-17-14-28-20(21-17)22-19(25)16-5-7-18(8-6-16)24-10-3-11-29(24,26)27/h5-8,14-15H,2-4,9-13H2,1H3,(H,21,22,25). The summed E-state index contributed by atoms with van der Waals surface area (Å²) < 4.78 is 25.4. The normalized spacial score (nSPS) is 22.0. The van der Waals surface area contributed by atoms with Crippen LogP contribution in [0.5, 0.6) is 0 Å². The minimum absolute atomic E-state index is 0.179. The molecule has 156 valence electrons. The van der Waals surface area contributed by atoms with Crippen molar-refractivity contribution in [3.8, 4) is 0 Å². The molecule has 0 radical (unpaired) electrons. The van der Waals surface area contributed by atoms with Crippen molar-refractivity contribution in [3.05, 3.63) is 40.9 Å². The summed E-state index contributed by atoms with van der Waals surface area (Å²) in [7, 11) is -3.21. The average Bonchev–Trinajstić information content (AvgIpc) is 3.27. The van der Waals surface area contributed by atoms with Gasteiger partial charge in [0.05, 0.1) is 17.1 Å². The van der Waals surface area contributed by atoms with Crippen molar-refractivity contribution >= 4 is 38.1 Å². The summed E-state index contributed by atoms with van der Waals surface area (Å²) in [6, 6.07) is 6.68. The number of carbonyl (C=O) groups excluding carboxylic acids is 1. The van der Waals surface area contributed by atoms with E-state index in [1.54, 1.807) is 24.3 Å². The van der Waals surface area contributed by atoms with E-state index in [0.717, 1.165) is 31.2 Å². The topological polar surface area (TPSA) is 82.6 Å². The Balaban J connectivity index is 1.36. The highest BCUT2D eigenvalue weighted by molar-refractivity contribution is 7.93. The predicted octanol–water partition coefficient (Wildman–Crippen LogP) is 3.17. The monoisotopic (exact) mass is 434 g/mol. The van der Waals surface area contributed by atoms with Crippen LogP contribution in [0.2, 0.25) is 0 Å². The van der Waals surface area contributed by atoms with Gasteiger partial charge in [0.2, 0.25) is 10.0 Å². The van der Waals surface area contributed by atoms with Crippen LogP contribution in [0.1, 0.15) is 42.2 Å². The predicted molar refractivity (Wildman–Crippen MR) is 116 cm³/mol. The molecule has 0 aliphatic carbocycles. The quantitative estimate of drug-likeness (QED) is 0.782. The number of nitrogens with one attached hydrogen (secondary N) is 1. The van der Waals surface area contributed by atoms with Crippen molar-refractivity contribution in [2.75, 3.05) is 35.0 Å². The number of carbonyl (C=O) groups is 1. The molecule has 1 aromatic carbocycles. The van der Waals surface area contributed by atoms with Gasteiger partial charge >= 0.3 is 0 Å². The number of sulfonamides is 1. The summed E-state index contributed by atoms with van der Waals surface area (Å²) in [6.07, 6.45) is 3.15. The highest BCUT2D eigenvalue weighted by Gasteiger charge is 2.28. The van der Waals surface area contributed by atoms with Crippen molar-refractivity contribution in [1.82, 2.24) is 9.88 Å². The molecule has 29 heavy (non-hydrogen) atoms. The van der Waals surface area contributed by atoms with E-state index in [4.69, 9.17) is 0 Å². The zero-order valence-electron chi connectivity index (χ0n) is 16.5. The van der Waals surface area contributed by atoms with Gasteiger partial charge in [-0.25, -0.2) is 13.4 Å². The van der Waals surface area contributed by atoms with E-state index in [9.17, 15) is 13.2 Å². The van der Waals surface area contributed by atoms with Crippen LogP contribution in [0.3, 0.4) is 0 Å². The molecule has 1 unspecified atom stereocenters. The first-order chi connectivity index (χ1) is 13.9. The van der Waals surface area contributed by atoms with Crippen molar-refractivity contribution in [1.29, 1.82) is 0 Å². The number of hydrogen-bond acceptors (Lipinski definition) is 6. The Bertz CT molecular complexity index is 972. The lowest BCUT2D eigenvalue weighted by Crippen LogP contribution is -2.33. The molecule has 7 nitrogen and oxygen atoms in total. The van der Waals surface area contributed by atoms with E-state index < -0.39 is 10.0 Å². The molecule has 4 rings (SSSR count). The second-order valence-corrected chi connectivity index (χ2v) is 10.7. The van der Waals surface area contributed by atoms with Gasteiger partial charge in [-0.15, -0.1) is 11.3 Å². The third-order valence-electron chi connectivity index (χ3n) is 5.42. The number of benzene rings is 1. The van der Waals surface area contributed by atoms with Gasteiger partial charge in [0.1, 0.15) is 0 Å². The minimum atomic E-state index is -3.21. The van der Waals surface area contributed by atoms with E-state index >= 15 is 0 Å². The molecule has 9 heteroatoms. The lowest BCUT2D eigenvalue weighted by molar-refractivity contribution is 0.102. The molecular weight excluding hydrogens is 408 g/mol. The van der Waals surface area contributed by atoms with Crippen molar-refractivity contribution < 1.29 is 13.2 Å². The Kier molecular flexibility index (Phi) is 5.89. The van der Waals surface area contributed by atoms with Gasteiger partial charge in [-0.3, -0.25) is 19.3 Å². The number of aromatic nitrogens is 1. The summed E-state index contributed by atoms with van der Waals surface area (Å²) in [5.41, 5.74) is 2.06. The van der Waals surface area contributed by atoms with Gasteiger partial charge in [-0.1, -0.05) is 6.92 Å². The molecule has 2 aliphatic heterocycles. The molecule has 2 aromatic rings. The average molecular weight is 435 g/mol. The molecule has 2 saturated heterocycles. The first-order valence-electron chi connectivity index (χ1n) is 9.99. The van der Waals surface area contributed by atoms with Gasteiger partial charge in [0, 0.05) is 30.6 Å². The highest BCUT2D eigenvalue weighted by atomic mass is 32.2. The van der Waals surface area contributed by atoms with Crippen LogP contribution in [0.25, 0.3) is 0 Å². The van der Waals surface area contributed by atoms with Gasteiger partial charge in [-0.2, -0.15) is 0 Å². The van der Waals surface area contributed by atoms with E-state index in [1.165, 1.54) is 28.5 Å². The Morgan fingerprint density at radius 3 is 2.72 bits per heavy atom. The van der Waals surface area contributed by atoms with Crippen LogP contribution >= 0.6 is 11.3 Å². The number of piperidine rings is 1. The highest BCUT2D eigenvalue weighted by Crippen LogP contribution is 2.25. The number of hydrogen-bond donors (Lipinski definition) is 1. The van der Waals surface area contributed by atoms with E-state index in [1.807, 2.05) is 5.38 Å². The molecule has 1 aromatic heterocycles. The Morgan fingerprint density at radius 1 is 1.24 bits per heavy atom. The number of amides is 1. The molecule has 2 fully saturated rings. The van der Waals surface area contributed by atoms with Crippen LogP contribution in [0.15, 0.2) is 29.6 Å². The van der Waals surface area contributed by atoms with E-state index in [-0.39, 0.29) is 11.7 Å². The fourth-order valence-electron chi connectivity index (χ4n) is 3.97. The molecule has 1 amide bonds. The summed E-state index contributed by atoms with van der Waals surface area (Å²) in [6.45, 7) is 5.78. The molecule has 0 saturated carbocycles. The summed E-state index contributed by atoms with van der Waals surface area (Å²) in [5, 5.41) is 5.43. The first kappa shape index (κ1) is 20.3. The van der Waals surface area contributed by atoms with Crippen LogP contribution in [0.4, 0.5) is 10.8 Å².